The first-order valence-corrected chi connectivity index (χ1v) is 9.45. The minimum atomic E-state index is 0.839. The van der Waals surface area contributed by atoms with Crippen molar-refractivity contribution in [1.82, 2.24) is 9.80 Å². The summed E-state index contributed by atoms with van der Waals surface area (Å²) in [5.41, 5.74) is 0. The Labute approximate surface area is 137 Å². The van der Waals surface area contributed by atoms with Gasteiger partial charge in [-0.05, 0) is 25.3 Å². The van der Waals surface area contributed by atoms with Gasteiger partial charge >= 0.3 is 0 Å². The van der Waals surface area contributed by atoms with Crippen LogP contribution in [0.25, 0.3) is 0 Å². The summed E-state index contributed by atoms with van der Waals surface area (Å²) in [6.45, 7) is 13.2. The first-order valence-electron chi connectivity index (χ1n) is 9.45. The van der Waals surface area contributed by atoms with E-state index in [0.717, 1.165) is 58.5 Å². The molecule has 4 heteroatoms. The van der Waals surface area contributed by atoms with E-state index in [0.29, 0.717) is 0 Å². The zero-order valence-corrected chi connectivity index (χ0v) is 14.6. The van der Waals surface area contributed by atoms with E-state index < -0.39 is 0 Å². The van der Waals surface area contributed by atoms with Crippen LogP contribution in [0.1, 0.15) is 45.4 Å². The molecule has 2 saturated heterocycles. The Bertz CT molecular complexity index is 264. The quantitative estimate of drug-likeness (QED) is 0.579. The van der Waals surface area contributed by atoms with E-state index in [4.69, 9.17) is 9.47 Å². The third kappa shape index (κ3) is 7.91. The topological polar surface area (TPSA) is 24.9 Å². The average molecular weight is 312 g/mol. The molecule has 1 unspecified atom stereocenters. The summed E-state index contributed by atoms with van der Waals surface area (Å²) >= 11 is 0. The van der Waals surface area contributed by atoms with Gasteiger partial charge in [-0.3, -0.25) is 9.80 Å². The highest BCUT2D eigenvalue weighted by atomic mass is 16.5. The van der Waals surface area contributed by atoms with E-state index >= 15 is 0 Å². The molecule has 0 aliphatic carbocycles. The van der Waals surface area contributed by atoms with Crippen molar-refractivity contribution in [3.8, 4) is 0 Å². The number of unbranched alkanes of at least 4 members (excludes halogenated alkanes) is 4. The molecule has 0 saturated carbocycles. The van der Waals surface area contributed by atoms with Crippen LogP contribution in [0.3, 0.4) is 0 Å². The number of hydrogen-bond donors (Lipinski definition) is 0. The van der Waals surface area contributed by atoms with Crippen LogP contribution in [0.2, 0.25) is 0 Å². The maximum absolute atomic E-state index is 5.41. The third-order valence-electron chi connectivity index (χ3n) is 4.95. The lowest BCUT2D eigenvalue weighted by Gasteiger charge is -2.29. The van der Waals surface area contributed by atoms with E-state index in [1.165, 1.54) is 51.6 Å². The van der Waals surface area contributed by atoms with Crippen LogP contribution in [0, 0.1) is 5.92 Å². The summed E-state index contributed by atoms with van der Waals surface area (Å²) in [6, 6.07) is 0. The summed E-state index contributed by atoms with van der Waals surface area (Å²) in [5.74, 6) is 0.839. The zero-order valence-electron chi connectivity index (χ0n) is 14.6. The Kier molecular flexibility index (Phi) is 9.41. The summed E-state index contributed by atoms with van der Waals surface area (Å²) in [4.78, 5) is 5.12. The number of hydrogen-bond acceptors (Lipinski definition) is 4. The number of ether oxygens (including phenoxy) is 2. The van der Waals surface area contributed by atoms with Crippen molar-refractivity contribution in [3.63, 3.8) is 0 Å². The van der Waals surface area contributed by atoms with Crippen LogP contribution in [0.4, 0.5) is 0 Å². The van der Waals surface area contributed by atoms with Gasteiger partial charge in [0.05, 0.1) is 26.4 Å². The van der Waals surface area contributed by atoms with E-state index in [-0.39, 0.29) is 0 Å². The van der Waals surface area contributed by atoms with Crippen molar-refractivity contribution in [3.05, 3.63) is 0 Å². The molecule has 2 aliphatic rings. The predicted octanol–water partition coefficient (Wildman–Crippen LogP) is 2.63. The van der Waals surface area contributed by atoms with Crippen molar-refractivity contribution in [2.45, 2.75) is 45.4 Å². The maximum atomic E-state index is 5.41. The molecule has 0 amide bonds. The van der Waals surface area contributed by atoms with Crippen molar-refractivity contribution in [2.24, 2.45) is 5.92 Å². The average Bonchev–Trinajstić information content (AvgIpc) is 2.56. The molecule has 0 aromatic carbocycles. The van der Waals surface area contributed by atoms with E-state index in [9.17, 15) is 0 Å². The van der Waals surface area contributed by atoms with Crippen molar-refractivity contribution < 1.29 is 9.47 Å². The number of rotatable bonds is 10. The minimum Gasteiger partial charge on any atom is -0.379 e. The van der Waals surface area contributed by atoms with Gasteiger partial charge in [0.25, 0.3) is 0 Å². The fraction of sp³-hybridized carbons (Fsp3) is 1.00. The molecule has 2 aliphatic heterocycles. The SMILES string of the molecule is CC(CCCCCCCN1CCOCC1)CN1CCOCC1. The molecule has 0 bridgehead atoms. The molecule has 4 nitrogen and oxygen atoms in total. The first-order chi connectivity index (χ1) is 10.8. The van der Waals surface area contributed by atoms with Crippen LogP contribution >= 0.6 is 0 Å². The number of morpholine rings is 2. The lowest BCUT2D eigenvalue weighted by Crippen LogP contribution is -2.38. The van der Waals surface area contributed by atoms with Gasteiger partial charge in [-0.15, -0.1) is 0 Å². The van der Waals surface area contributed by atoms with E-state index in [1.54, 1.807) is 0 Å². The van der Waals surface area contributed by atoms with Gasteiger partial charge in [-0.25, -0.2) is 0 Å². The molecule has 0 N–H and O–H groups in total. The second-order valence-corrected chi connectivity index (χ2v) is 7.03. The Morgan fingerprint density at radius 2 is 1.27 bits per heavy atom. The van der Waals surface area contributed by atoms with Crippen LogP contribution in [0.15, 0.2) is 0 Å². The fourth-order valence-electron chi connectivity index (χ4n) is 3.50. The Morgan fingerprint density at radius 3 is 1.95 bits per heavy atom. The second kappa shape index (κ2) is 11.4. The molecule has 22 heavy (non-hydrogen) atoms. The van der Waals surface area contributed by atoms with Crippen molar-refractivity contribution in [2.75, 3.05) is 65.7 Å². The Hall–Kier alpha value is -0.160. The molecular weight excluding hydrogens is 276 g/mol. The van der Waals surface area contributed by atoms with Crippen molar-refractivity contribution in [1.29, 1.82) is 0 Å². The van der Waals surface area contributed by atoms with Gasteiger partial charge in [0.15, 0.2) is 0 Å². The standard InChI is InChI=1S/C18H36N2O2/c1-18(17-20-11-15-22-16-12-20)7-5-3-2-4-6-8-19-9-13-21-14-10-19/h18H,2-17H2,1H3. The van der Waals surface area contributed by atoms with Crippen molar-refractivity contribution >= 4 is 0 Å². The second-order valence-electron chi connectivity index (χ2n) is 7.03. The highest BCUT2D eigenvalue weighted by Gasteiger charge is 2.13. The molecule has 0 radical (unpaired) electrons. The van der Waals surface area contributed by atoms with Gasteiger partial charge in [0.2, 0.25) is 0 Å². The minimum absolute atomic E-state index is 0.839. The van der Waals surface area contributed by atoms with Crippen LogP contribution in [-0.4, -0.2) is 75.5 Å². The van der Waals surface area contributed by atoms with E-state index in [1.807, 2.05) is 0 Å². The highest BCUT2D eigenvalue weighted by molar-refractivity contribution is 4.66. The third-order valence-corrected chi connectivity index (χ3v) is 4.95. The molecule has 0 aromatic rings. The largest absolute Gasteiger partial charge is 0.379 e. The normalized spacial score (nSPS) is 22.8. The molecule has 0 aromatic heterocycles. The van der Waals surface area contributed by atoms with Crippen LogP contribution in [-0.2, 0) is 9.47 Å². The summed E-state index contributed by atoms with van der Waals surface area (Å²) < 4.78 is 10.8. The monoisotopic (exact) mass is 312 g/mol. The fourth-order valence-corrected chi connectivity index (χ4v) is 3.50. The summed E-state index contributed by atoms with van der Waals surface area (Å²) in [6.07, 6.45) is 8.38. The number of nitrogens with zero attached hydrogens (tertiary/aromatic N) is 2. The molecule has 1 atom stereocenters. The van der Waals surface area contributed by atoms with Gasteiger partial charge in [0.1, 0.15) is 0 Å². The smallest absolute Gasteiger partial charge is 0.0594 e. The van der Waals surface area contributed by atoms with Gasteiger partial charge < -0.3 is 9.47 Å². The first kappa shape index (κ1) is 18.2. The van der Waals surface area contributed by atoms with E-state index in [2.05, 4.69) is 16.7 Å². The zero-order chi connectivity index (χ0) is 15.5. The Morgan fingerprint density at radius 1 is 0.727 bits per heavy atom. The molecule has 2 heterocycles. The lowest BCUT2D eigenvalue weighted by molar-refractivity contribution is 0.0311. The lowest BCUT2D eigenvalue weighted by atomic mass is 10.0. The van der Waals surface area contributed by atoms with Crippen LogP contribution in [0.5, 0.6) is 0 Å². The highest BCUT2D eigenvalue weighted by Crippen LogP contribution is 2.14. The van der Waals surface area contributed by atoms with Gasteiger partial charge in [-0.1, -0.05) is 32.6 Å². The van der Waals surface area contributed by atoms with Gasteiger partial charge in [-0.2, -0.15) is 0 Å². The molecule has 0 spiro atoms. The molecular formula is C18H36N2O2. The van der Waals surface area contributed by atoms with Gasteiger partial charge in [0, 0.05) is 32.7 Å². The van der Waals surface area contributed by atoms with Crippen LogP contribution < -0.4 is 0 Å². The summed E-state index contributed by atoms with van der Waals surface area (Å²) in [7, 11) is 0. The Balaban J connectivity index is 1.37. The molecule has 130 valence electrons. The predicted molar refractivity (Wildman–Crippen MR) is 91.4 cm³/mol. The summed E-state index contributed by atoms with van der Waals surface area (Å²) in [5, 5.41) is 0. The maximum Gasteiger partial charge on any atom is 0.0594 e. The molecule has 2 fully saturated rings. The molecule has 2 rings (SSSR count).